The van der Waals surface area contributed by atoms with E-state index in [1.807, 2.05) is 0 Å². The summed E-state index contributed by atoms with van der Waals surface area (Å²) < 4.78 is 0. The van der Waals surface area contributed by atoms with Gasteiger partial charge in [-0.2, -0.15) is 0 Å². The van der Waals surface area contributed by atoms with Gasteiger partial charge in [-0.15, -0.1) is 0 Å². The molecule has 0 fully saturated rings. The highest BCUT2D eigenvalue weighted by atomic mass is 15.1. The van der Waals surface area contributed by atoms with Gasteiger partial charge in [0.1, 0.15) is 0 Å². The second-order valence-corrected chi connectivity index (χ2v) is 16.4. The largest absolute Gasteiger partial charge is 0.310 e. The molecule has 1 heteroatoms. The van der Waals surface area contributed by atoms with Crippen LogP contribution in [0.5, 0.6) is 0 Å². The molecule has 0 N–H and O–H groups in total. The summed E-state index contributed by atoms with van der Waals surface area (Å²) in [6, 6.07) is 83.1. The standard InChI is InChI=1S/C60H37N/c1-2-10-38(11-3-1)49-34-35-56(51-19-5-4-18-50(49)51)61(47-30-26-39(27-31-47)54-36-45-16-6-12-41-22-24-43-14-8-20-52(54)59(43)57(41)45)48-32-28-40(29-33-48)55-37-46-17-7-13-42-23-25-44-15-9-21-53(55)60(44)58(42)46/h1-37H. The Morgan fingerprint density at radius 1 is 0.230 bits per heavy atom. The normalized spacial score (nSPS) is 11.9. The first-order valence-corrected chi connectivity index (χ1v) is 21.2. The molecule has 0 aromatic heterocycles. The summed E-state index contributed by atoms with van der Waals surface area (Å²) in [6.45, 7) is 0. The molecular formula is C60H37N. The molecule has 0 aliphatic carbocycles. The van der Waals surface area contributed by atoms with Crippen LogP contribution in [0.25, 0.3) is 109 Å². The zero-order valence-corrected chi connectivity index (χ0v) is 33.3. The maximum absolute atomic E-state index is 2.43. The summed E-state index contributed by atoms with van der Waals surface area (Å²) in [5, 5.41) is 18.1. The second kappa shape index (κ2) is 13.3. The lowest BCUT2D eigenvalue weighted by Crippen LogP contribution is -2.10. The maximum Gasteiger partial charge on any atom is 0.0540 e. The third-order valence-corrected chi connectivity index (χ3v) is 13.1. The Balaban J connectivity index is 0.984. The number of nitrogens with zero attached hydrogens (tertiary/aromatic N) is 1. The second-order valence-electron chi connectivity index (χ2n) is 16.4. The Kier molecular flexibility index (Phi) is 7.37. The van der Waals surface area contributed by atoms with E-state index in [0.29, 0.717) is 0 Å². The summed E-state index contributed by atoms with van der Waals surface area (Å²) in [4.78, 5) is 2.43. The van der Waals surface area contributed by atoms with Crippen LogP contribution in [0.15, 0.2) is 224 Å². The summed E-state index contributed by atoms with van der Waals surface area (Å²) in [7, 11) is 0. The van der Waals surface area contributed by atoms with E-state index in [2.05, 4.69) is 229 Å². The minimum Gasteiger partial charge on any atom is -0.310 e. The van der Waals surface area contributed by atoms with Crippen molar-refractivity contribution in [1.82, 2.24) is 0 Å². The van der Waals surface area contributed by atoms with E-state index in [-0.39, 0.29) is 0 Å². The van der Waals surface area contributed by atoms with E-state index in [0.717, 1.165) is 17.1 Å². The highest BCUT2D eigenvalue weighted by Gasteiger charge is 2.20. The van der Waals surface area contributed by atoms with Crippen molar-refractivity contribution in [3.63, 3.8) is 0 Å². The minimum absolute atomic E-state index is 1.11. The van der Waals surface area contributed by atoms with Crippen molar-refractivity contribution in [3.05, 3.63) is 224 Å². The molecule has 0 unspecified atom stereocenters. The Labute approximate surface area is 353 Å². The van der Waals surface area contributed by atoms with Gasteiger partial charge in [0, 0.05) is 16.8 Å². The number of rotatable bonds is 6. The molecule has 0 radical (unpaired) electrons. The van der Waals surface area contributed by atoms with Gasteiger partial charge >= 0.3 is 0 Å². The fraction of sp³-hybridized carbons (Fsp3) is 0. The van der Waals surface area contributed by atoms with Crippen molar-refractivity contribution in [2.24, 2.45) is 0 Å². The van der Waals surface area contributed by atoms with Gasteiger partial charge in [-0.25, -0.2) is 0 Å². The number of fused-ring (bicyclic) bond motifs is 1. The van der Waals surface area contributed by atoms with Crippen LogP contribution in [-0.4, -0.2) is 0 Å². The SMILES string of the molecule is c1ccc(-c2ccc(N(c3ccc(-c4cc5cccc6ccc7cccc4c7c65)cc3)c3ccc(-c4cc5cccc6ccc7cccc4c7c65)cc3)c3ccccc23)cc1. The van der Waals surface area contributed by atoms with Gasteiger partial charge in [-0.1, -0.05) is 182 Å². The lowest BCUT2D eigenvalue weighted by molar-refractivity contribution is 1.30. The molecule has 0 aliphatic heterocycles. The summed E-state index contributed by atoms with van der Waals surface area (Å²) >= 11 is 0. The number of hydrogen-bond acceptors (Lipinski definition) is 1. The third-order valence-electron chi connectivity index (χ3n) is 13.1. The molecule has 13 aromatic carbocycles. The molecule has 0 bridgehead atoms. The Bertz CT molecular complexity index is 3600. The van der Waals surface area contributed by atoms with Gasteiger partial charge in [0.05, 0.1) is 5.69 Å². The first-order valence-electron chi connectivity index (χ1n) is 21.2. The van der Waals surface area contributed by atoms with Crippen LogP contribution in [-0.2, 0) is 0 Å². The zero-order chi connectivity index (χ0) is 40.0. The molecule has 0 heterocycles. The molecule has 0 amide bonds. The predicted molar refractivity (Wildman–Crippen MR) is 262 cm³/mol. The van der Waals surface area contributed by atoms with Gasteiger partial charge < -0.3 is 4.90 Å². The van der Waals surface area contributed by atoms with Crippen LogP contribution in [0.4, 0.5) is 17.1 Å². The molecule has 13 aromatic rings. The van der Waals surface area contributed by atoms with Crippen molar-refractivity contribution in [3.8, 4) is 33.4 Å². The van der Waals surface area contributed by atoms with E-state index < -0.39 is 0 Å². The van der Waals surface area contributed by atoms with Crippen LogP contribution < -0.4 is 4.90 Å². The highest BCUT2D eigenvalue weighted by Crippen LogP contribution is 2.46. The van der Waals surface area contributed by atoms with Gasteiger partial charge in [0.15, 0.2) is 0 Å². The van der Waals surface area contributed by atoms with Crippen LogP contribution in [0.3, 0.4) is 0 Å². The lowest BCUT2D eigenvalue weighted by atomic mass is 9.89. The Hall–Kier alpha value is -8.00. The van der Waals surface area contributed by atoms with Crippen molar-refractivity contribution in [1.29, 1.82) is 0 Å². The van der Waals surface area contributed by atoms with Crippen LogP contribution in [0.1, 0.15) is 0 Å². The molecular weight excluding hydrogens is 735 g/mol. The van der Waals surface area contributed by atoms with Crippen molar-refractivity contribution in [2.75, 3.05) is 4.90 Å². The first kappa shape index (κ1) is 33.9. The monoisotopic (exact) mass is 771 g/mol. The zero-order valence-electron chi connectivity index (χ0n) is 33.3. The maximum atomic E-state index is 2.43. The Morgan fingerprint density at radius 2 is 0.639 bits per heavy atom. The predicted octanol–water partition coefficient (Wildman–Crippen LogP) is 17.1. The molecule has 0 atom stereocenters. The molecule has 0 saturated carbocycles. The van der Waals surface area contributed by atoms with Crippen molar-refractivity contribution < 1.29 is 0 Å². The van der Waals surface area contributed by atoms with E-state index in [1.54, 1.807) is 0 Å². The number of anilines is 3. The van der Waals surface area contributed by atoms with Gasteiger partial charge in [-0.05, 0) is 146 Å². The Morgan fingerprint density at radius 3 is 1.16 bits per heavy atom. The van der Waals surface area contributed by atoms with E-state index in [9.17, 15) is 0 Å². The van der Waals surface area contributed by atoms with E-state index in [4.69, 9.17) is 0 Å². The fourth-order valence-electron chi connectivity index (χ4n) is 10.4. The van der Waals surface area contributed by atoms with Gasteiger partial charge in [-0.3, -0.25) is 0 Å². The molecule has 0 spiro atoms. The molecule has 282 valence electrons. The average molecular weight is 772 g/mol. The molecule has 0 saturated heterocycles. The van der Waals surface area contributed by atoms with E-state index in [1.165, 1.54) is 109 Å². The highest BCUT2D eigenvalue weighted by molar-refractivity contribution is 6.27. The molecule has 1 nitrogen and oxygen atoms in total. The topological polar surface area (TPSA) is 3.24 Å². The quantitative estimate of drug-likeness (QED) is 0.152. The smallest absolute Gasteiger partial charge is 0.0540 e. The molecule has 13 rings (SSSR count). The fourth-order valence-corrected chi connectivity index (χ4v) is 10.4. The van der Waals surface area contributed by atoms with Gasteiger partial charge in [0.25, 0.3) is 0 Å². The van der Waals surface area contributed by atoms with Crippen molar-refractivity contribution in [2.45, 2.75) is 0 Å². The first-order chi connectivity index (χ1) is 30.2. The van der Waals surface area contributed by atoms with Crippen LogP contribution >= 0.6 is 0 Å². The van der Waals surface area contributed by atoms with E-state index >= 15 is 0 Å². The lowest BCUT2D eigenvalue weighted by Gasteiger charge is -2.28. The molecule has 61 heavy (non-hydrogen) atoms. The third kappa shape index (κ3) is 5.21. The molecule has 0 aliphatic rings. The van der Waals surface area contributed by atoms with Crippen LogP contribution in [0.2, 0.25) is 0 Å². The van der Waals surface area contributed by atoms with Crippen LogP contribution in [0, 0.1) is 0 Å². The minimum atomic E-state index is 1.11. The van der Waals surface area contributed by atoms with Crippen molar-refractivity contribution >= 4 is 92.5 Å². The van der Waals surface area contributed by atoms with Gasteiger partial charge in [0.2, 0.25) is 0 Å². The number of hydrogen-bond donors (Lipinski definition) is 0. The summed E-state index contributed by atoms with van der Waals surface area (Å²) in [5.41, 5.74) is 10.7. The average Bonchev–Trinajstić information content (AvgIpc) is 3.33. The number of benzene rings is 13. The summed E-state index contributed by atoms with van der Waals surface area (Å²) in [6.07, 6.45) is 0. The summed E-state index contributed by atoms with van der Waals surface area (Å²) in [5.74, 6) is 0.